The summed E-state index contributed by atoms with van der Waals surface area (Å²) in [6, 6.07) is 0. The van der Waals surface area contributed by atoms with Crippen LogP contribution >= 0.6 is 0 Å². The Labute approximate surface area is 104 Å². The van der Waals surface area contributed by atoms with E-state index in [2.05, 4.69) is 4.74 Å². The van der Waals surface area contributed by atoms with E-state index in [1.807, 2.05) is 0 Å². The Morgan fingerprint density at radius 3 is 1.95 bits per heavy atom. The van der Waals surface area contributed by atoms with E-state index in [0.29, 0.717) is 13.3 Å². The third-order valence-electron chi connectivity index (χ3n) is 1.93. The standard InChI is InChI=1S/C10H11F7O2/c1-3-4-19-7(18)6(2)5-8(11,12)9(13,14)10(15,16)17/h5H,3-4H2,1-2H3. The van der Waals surface area contributed by atoms with E-state index >= 15 is 0 Å². The molecule has 0 rings (SSSR count). The van der Waals surface area contributed by atoms with Crippen LogP contribution in [0.2, 0.25) is 0 Å². The summed E-state index contributed by atoms with van der Waals surface area (Å²) >= 11 is 0. The van der Waals surface area contributed by atoms with Gasteiger partial charge < -0.3 is 4.74 Å². The SMILES string of the molecule is CCCOC(=O)C(C)=CC(F)(F)C(F)(F)C(F)(F)F. The zero-order chi connectivity index (χ0) is 15.5. The van der Waals surface area contributed by atoms with Gasteiger partial charge in [-0.2, -0.15) is 30.7 Å². The first kappa shape index (κ1) is 17.7. The molecule has 0 aliphatic carbocycles. The molecule has 0 aliphatic rings. The number of esters is 1. The van der Waals surface area contributed by atoms with Gasteiger partial charge in [0.25, 0.3) is 0 Å². The number of halogens is 7. The molecule has 0 fully saturated rings. The first-order valence-electron chi connectivity index (χ1n) is 5.05. The minimum atomic E-state index is -6.43. The number of rotatable bonds is 5. The maximum absolute atomic E-state index is 12.9. The van der Waals surface area contributed by atoms with Crippen molar-refractivity contribution in [2.24, 2.45) is 0 Å². The van der Waals surface area contributed by atoms with Crippen molar-refractivity contribution in [2.75, 3.05) is 6.61 Å². The van der Waals surface area contributed by atoms with Gasteiger partial charge in [0.15, 0.2) is 0 Å². The molecule has 0 N–H and O–H groups in total. The highest BCUT2D eigenvalue weighted by atomic mass is 19.4. The molecule has 0 aliphatic heterocycles. The van der Waals surface area contributed by atoms with Gasteiger partial charge in [0.2, 0.25) is 0 Å². The average molecular weight is 296 g/mol. The molecule has 9 heteroatoms. The molecular formula is C10H11F7O2. The second kappa shape index (κ2) is 5.79. The van der Waals surface area contributed by atoms with Crippen molar-refractivity contribution in [2.45, 2.75) is 38.3 Å². The summed E-state index contributed by atoms with van der Waals surface area (Å²) < 4.78 is 90.5. The molecule has 0 radical (unpaired) electrons. The smallest absolute Gasteiger partial charge is 0.460 e. The molecule has 0 heterocycles. The summed E-state index contributed by atoms with van der Waals surface area (Å²) in [6.07, 6.45) is -6.83. The molecule has 0 spiro atoms. The Kier molecular flexibility index (Phi) is 5.40. The number of carbonyl (C=O) groups is 1. The molecule has 0 bridgehead atoms. The van der Waals surface area contributed by atoms with Gasteiger partial charge in [-0.05, 0) is 13.3 Å². The number of hydrogen-bond donors (Lipinski definition) is 0. The Morgan fingerprint density at radius 1 is 1.11 bits per heavy atom. The van der Waals surface area contributed by atoms with Gasteiger partial charge in [-0.15, -0.1) is 0 Å². The lowest BCUT2D eigenvalue weighted by atomic mass is 10.1. The second-order valence-electron chi connectivity index (χ2n) is 3.66. The van der Waals surface area contributed by atoms with E-state index in [1.165, 1.54) is 0 Å². The lowest BCUT2D eigenvalue weighted by Crippen LogP contribution is -2.51. The van der Waals surface area contributed by atoms with E-state index in [9.17, 15) is 35.5 Å². The highest BCUT2D eigenvalue weighted by Crippen LogP contribution is 2.47. The summed E-state index contributed by atoms with van der Waals surface area (Å²) in [5.41, 5.74) is -1.03. The van der Waals surface area contributed by atoms with Crippen molar-refractivity contribution in [3.05, 3.63) is 11.6 Å². The van der Waals surface area contributed by atoms with Gasteiger partial charge in [0.05, 0.1) is 6.61 Å². The van der Waals surface area contributed by atoms with Crippen LogP contribution in [0.15, 0.2) is 11.6 Å². The normalized spacial score (nSPS) is 14.5. The van der Waals surface area contributed by atoms with E-state index in [4.69, 9.17) is 0 Å². The lowest BCUT2D eigenvalue weighted by molar-refractivity contribution is -0.341. The number of alkyl halides is 7. The van der Waals surface area contributed by atoms with E-state index in [-0.39, 0.29) is 6.61 Å². The highest BCUT2D eigenvalue weighted by Gasteiger charge is 2.72. The molecule has 0 atom stereocenters. The zero-order valence-electron chi connectivity index (χ0n) is 9.95. The highest BCUT2D eigenvalue weighted by molar-refractivity contribution is 5.87. The van der Waals surface area contributed by atoms with Gasteiger partial charge in [-0.3, -0.25) is 0 Å². The molecule has 0 aromatic carbocycles. The fraction of sp³-hybridized carbons (Fsp3) is 0.700. The van der Waals surface area contributed by atoms with E-state index in [0.717, 1.165) is 0 Å². The molecule has 0 aromatic rings. The van der Waals surface area contributed by atoms with Crippen molar-refractivity contribution < 1.29 is 40.3 Å². The van der Waals surface area contributed by atoms with Crippen LogP contribution in [0.1, 0.15) is 20.3 Å². The summed E-state index contributed by atoms with van der Waals surface area (Å²) in [6.45, 7) is 2.09. The summed E-state index contributed by atoms with van der Waals surface area (Å²) in [5.74, 6) is -13.2. The fourth-order valence-electron chi connectivity index (χ4n) is 0.919. The van der Waals surface area contributed by atoms with Gasteiger partial charge in [-0.1, -0.05) is 6.92 Å². The Balaban J connectivity index is 5.18. The molecule has 2 nitrogen and oxygen atoms in total. The van der Waals surface area contributed by atoms with Crippen molar-refractivity contribution in [3.63, 3.8) is 0 Å². The summed E-state index contributed by atoms with van der Waals surface area (Å²) in [5, 5.41) is 0. The predicted molar refractivity (Wildman–Crippen MR) is 51.0 cm³/mol. The second-order valence-corrected chi connectivity index (χ2v) is 3.66. The monoisotopic (exact) mass is 296 g/mol. The maximum atomic E-state index is 12.9. The van der Waals surface area contributed by atoms with E-state index in [1.54, 1.807) is 6.92 Å². The molecule has 0 amide bonds. The number of carbonyl (C=O) groups excluding carboxylic acids is 1. The first-order chi connectivity index (χ1) is 8.37. The Morgan fingerprint density at radius 2 is 1.58 bits per heavy atom. The minimum Gasteiger partial charge on any atom is -0.462 e. The molecule has 0 unspecified atom stereocenters. The van der Waals surface area contributed by atoms with Crippen LogP contribution in [0.3, 0.4) is 0 Å². The lowest BCUT2D eigenvalue weighted by Gasteiger charge is -2.26. The molecular weight excluding hydrogens is 285 g/mol. The fourth-order valence-corrected chi connectivity index (χ4v) is 0.919. The average Bonchev–Trinajstić information content (AvgIpc) is 2.23. The van der Waals surface area contributed by atoms with Crippen LogP contribution in [-0.2, 0) is 9.53 Å². The van der Waals surface area contributed by atoms with Crippen LogP contribution in [0.25, 0.3) is 0 Å². The third-order valence-corrected chi connectivity index (χ3v) is 1.93. The van der Waals surface area contributed by atoms with Crippen LogP contribution < -0.4 is 0 Å². The Bertz CT molecular complexity index is 357. The van der Waals surface area contributed by atoms with Gasteiger partial charge in [0, 0.05) is 11.6 Å². The zero-order valence-corrected chi connectivity index (χ0v) is 9.95. The molecule has 112 valence electrons. The summed E-state index contributed by atoms with van der Waals surface area (Å²) in [4.78, 5) is 11.0. The van der Waals surface area contributed by atoms with Crippen molar-refractivity contribution >= 4 is 5.97 Å². The number of hydrogen-bond acceptors (Lipinski definition) is 2. The van der Waals surface area contributed by atoms with Crippen molar-refractivity contribution in [3.8, 4) is 0 Å². The molecule has 0 saturated heterocycles. The third kappa shape index (κ3) is 4.10. The minimum absolute atomic E-state index is 0.161. The van der Waals surface area contributed by atoms with Crippen LogP contribution in [0.5, 0.6) is 0 Å². The number of allylic oxidation sites excluding steroid dienone is 1. The van der Waals surface area contributed by atoms with Crippen LogP contribution in [-0.4, -0.2) is 30.6 Å². The van der Waals surface area contributed by atoms with Crippen LogP contribution in [0, 0.1) is 0 Å². The summed E-state index contributed by atoms with van der Waals surface area (Å²) in [7, 11) is 0. The predicted octanol–water partition coefficient (Wildman–Crippen LogP) is 3.72. The quantitative estimate of drug-likeness (QED) is 0.439. The molecule has 0 saturated carbocycles. The first-order valence-corrected chi connectivity index (χ1v) is 5.05. The largest absolute Gasteiger partial charge is 0.462 e. The molecule has 19 heavy (non-hydrogen) atoms. The van der Waals surface area contributed by atoms with Crippen molar-refractivity contribution in [1.82, 2.24) is 0 Å². The van der Waals surface area contributed by atoms with Gasteiger partial charge in [-0.25, -0.2) is 4.79 Å². The van der Waals surface area contributed by atoms with E-state index < -0.39 is 35.6 Å². The Hall–Kier alpha value is -1.28. The van der Waals surface area contributed by atoms with Gasteiger partial charge >= 0.3 is 24.0 Å². The van der Waals surface area contributed by atoms with Crippen LogP contribution in [0.4, 0.5) is 30.7 Å². The van der Waals surface area contributed by atoms with Gasteiger partial charge in [0.1, 0.15) is 0 Å². The number of ether oxygens (including phenoxy) is 1. The van der Waals surface area contributed by atoms with Crippen molar-refractivity contribution in [1.29, 1.82) is 0 Å². The topological polar surface area (TPSA) is 26.3 Å². The molecule has 0 aromatic heterocycles. The maximum Gasteiger partial charge on any atom is 0.460 e.